The van der Waals surface area contributed by atoms with Gasteiger partial charge in [-0.05, 0) is 13.0 Å². The van der Waals surface area contributed by atoms with Crippen molar-refractivity contribution in [3.63, 3.8) is 0 Å². The fraction of sp³-hybridized carbons (Fsp3) is 0.583. The van der Waals surface area contributed by atoms with Crippen LogP contribution in [0.2, 0.25) is 0 Å². The number of hydrogen-bond donors (Lipinski definition) is 1. The van der Waals surface area contributed by atoms with Crippen LogP contribution in [0.25, 0.3) is 0 Å². The normalized spacial score (nSPS) is 24.8. The SMILES string of the molecule is COc1cccc(N2CC(CO)OCC2C)n1. The van der Waals surface area contributed by atoms with Crippen molar-refractivity contribution in [2.24, 2.45) is 0 Å². The van der Waals surface area contributed by atoms with Crippen LogP contribution in [-0.2, 0) is 4.74 Å². The van der Waals surface area contributed by atoms with Gasteiger partial charge in [0.15, 0.2) is 0 Å². The van der Waals surface area contributed by atoms with Gasteiger partial charge >= 0.3 is 0 Å². The molecule has 2 rings (SSSR count). The van der Waals surface area contributed by atoms with Gasteiger partial charge in [-0.3, -0.25) is 0 Å². The van der Waals surface area contributed by atoms with Crippen molar-refractivity contribution in [1.82, 2.24) is 4.98 Å². The quantitative estimate of drug-likeness (QED) is 0.839. The lowest BCUT2D eigenvalue weighted by Gasteiger charge is -2.38. The summed E-state index contributed by atoms with van der Waals surface area (Å²) < 4.78 is 10.6. The Bertz CT molecular complexity index is 373. The van der Waals surface area contributed by atoms with E-state index in [9.17, 15) is 0 Å². The van der Waals surface area contributed by atoms with Gasteiger partial charge in [0.05, 0.1) is 32.5 Å². The Balaban J connectivity index is 2.18. The molecular formula is C12H18N2O3. The van der Waals surface area contributed by atoms with E-state index in [1.165, 1.54) is 0 Å². The molecule has 0 bridgehead atoms. The second kappa shape index (κ2) is 5.33. The second-order valence-corrected chi connectivity index (χ2v) is 4.18. The van der Waals surface area contributed by atoms with Crippen LogP contribution < -0.4 is 9.64 Å². The van der Waals surface area contributed by atoms with Crippen molar-refractivity contribution in [2.45, 2.75) is 19.1 Å². The maximum Gasteiger partial charge on any atom is 0.214 e. The third-order valence-electron chi connectivity index (χ3n) is 2.92. The Hall–Kier alpha value is -1.33. The first kappa shape index (κ1) is 12.1. The molecule has 0 aliphatic carbocycles. The Labute approximate surface area is 101 Å². The highest BCUT2D eigenvalue weighted by Gasteiger charge is 2.26. The lowest BCUT2D eigenvalue weighted by molar-refractivity contribution is -0.0106. The standard InChI is InChI=1S/C12H18N2O3/c1-9-8-17-10(7-15)6-14(9)11-4-3-5-12(13-11)16-2/h3-5,9-10,15H,6-8H2,1-2H3. The molecule has 1 aromatic rings. The number of ether oxygens (including phenoxy) is 2. The molecule has 2 atom stereocenters. The fourth-order valence-corrected chi connectivity index (χ4v) is 1.92. The molecule has 1 fully saturated rings. The first-order chi connectivity index (χ1) is 8.24. The molecule has 5 nitrogen and oxygen atoms in total. The molecule has 1 aliphatic heterocycles. The van der Waals surface area contributed by atoms with Crippen molar-refractivity contribution in [3.05, 3.63) is 18.2 Å². The average molecular weight is 238 g/mol. The van der Waals surface area contributed by atoms with Crippen LogP contribution >= 0.6 is 0 Å². The van der Waals surface area contributed by atoms with Gasteiger partial charge < -0.3 is 19.5 Å². The topological polar surface area (TPSA) is 54.8 Å². The Kier molecular flexibility index (Phi) is 3.81. The zero-order valence-corrected chi connectivity index (χ0v) is 10.2. The van der Waals surface area contributed by atoms with E-state index < -0.39 is 0 Å². The van der Waals surface area contributed by atoms with Crippen LogP contribution in [0, 0.1) is 0 Å². The molecule has 0 saturated carbocycles. The third-order valence-corrected chi connectivity index (χ3v) is 2.92. The zero-order valence-electron chi connectivity index (χ0n) is 10.2. The molecule has 0 amide bonds. The van der Waals surface area contributed by atoms with Gasteiger partial charge in [0.1, 0.15) is 5.82 Å². The molecule has 5 heteroatoms. The highest BCUT2D eigenvalue weighted by atomic mass is 16.5. The number of nitrogens with zero attached hydrogens (tertiary/aromatic N) is 2. The van der Waals surface area contributed by atoms with Gasteiger partial charge in [-0.15, -0.1) is 0 Å². The maximum absolute atomic E-state index is 9.15. The molecule has 2 unspecified atom stereocenters. The summed E-state index contributed by atoms with van der Waals surface area (Å²) in [6.45, 7) is 3.36. The van der Waals surface area contributed by atoms with Crippen molar-refractivity contribution >= 4 is 5.82 Å². The monoisotopic (exact) mass is 238 g/mol. The van der Waals surface area contributed by atoms with Crippen LogP contribution in [0.4, 0.5) is 5.82 Å². The molecule has 2 heterocycles. The average Bonchev–Trinajstić information content (AvgIpc) is 2.39. The number of morpholine rings is 1. The van der Waals surface area contributed by atoms with Gasteiger partial charge in [0.25, 0.3) is 0 Å². The summed E-state index contributed by atoms with van der Waals surface area (Å²) in [6.07, 6.45) is -0.140. The smallest absolute Gasteiger partial charge is 0.214 e. The van der Waals surface area contributed by atoms with Gasteiger partial charge in [-0.1, -0.05) is 6.07 Å². The third kappa shape index (κ3) is 2.68. The minimum absolute atomic E-state index is 0.0349. The molecule has 1 aromatic heterocycles. The summed E-state index contributed by atoms with van der Waals surface area (Å²) in [4.78, 5) is 6.53. The van der Waals surface area contributed by atoms with Gasteiger partial charge in [-0.25, -0.2) is 0 Å². The highest BCUT2D eigenvalue weighted by molar-refractivity contribution is 5.42. The fourth-order valence-electron chi connectivity index (χ4n) is 1.92. The van der Waals surface area contributed by atoms with Crippen LogP contribution in [0.15, 0.2) is 18.2 Å². The van der Waals surface area contributed by atoms with E-state index in [1.54, 1.807) is 7.11 Å². The summed E-state index contributed by atoms with van der Waals surface area (Å²) >= 11 is 0. The van der Waals surface area contributed by atoms with E-state index in [4.69, 9.17) is 14.6 Å². The van der Waals surface area contributed by atoms with Crippen molar-refractivity contribution in [1.29, 1.82) is 0 Å². The molecule has 17 heavy (non-hydrogen) atoms. The number of rotatable bonds is 3. The van der Waals surface area contributed by atoms with Crippen LogP contribution in [0.3, 0.4) is 0 Å². The summed E-state index contributed by atoms with van der Waals surface area (Å²) in [5.41, 5.74) is 0. The van der Waals surface area contributed by atoms with E-state index in [0.717, 1.165) is 5.82 Å². The Morgan fingerprint density at radius 1 is 1.59 bits per heavy atom. The zero-order chi connectivity index (χ0) is 12.3. The highest BCUT2D eigenvalue weighted by Crippen LogP contribution is 2.21. The summed E-state index contributed by atoms with van der Waals surface area (Å²) in [7, 11) is 1.60. The van der Waals surface area contributed by atoms with E-state index in [2.05, 4.69) is 16.8 Å². The molecule has 0 aromatic carbocycles. The van der Waals surface area contributed by atoms with Gasteiger partial charge in [-0.2, -0.15) is 4.98 Å². The first-order valence-corrected chi connectivity index (χ1v) is 5.74. The number of methoxy groups -OCH3 is 1. The number of aliphatic hydroxyl groups excluding tert-OH is 1. The first-order valence-electron chi connectivity index (χ1n) is 5.74. The predicted octanol–water partition coefficient (Wildman–Crippen LogP) is 0.676. The van der Waals surface area contributed by atoms with Gasteiger partial charge in [0.2, 0.25) is 5.88 Å². The number of hydrogen-bond acceptors (Lipinski definition) is 5. The van der Waals surface area contributed by atoms with Crippen molar-refractivity contribution in [3.8, 4) is 5.88 Å². The summed E-state index contributed by atoms with van der Waals surface area (Å²) in [5.74, 6) is 1.46. The van der Waals surface area contributed by atoms with E-state index >= 15 is 0 Å². The lowest BCUT2D eigenvalue weighted by atomic mass is 10.2. The number of anilines is 1. The van der Waals surface area contributed by atoms with Crippen LogP contribution in [0.5, 0.6) is 5.88 Å². The molecule has 0 radical (unpaired) electrons. The molecule has 94 valence electrons. The number of pyridine rings is 1. The van der Waals surface area contributed by atoms with E-state index in [0.29, 0.717) is 19.0 Å². The van der Waals surface area contributed by atoms with Crippen LogP contribution in [0.1, 0.15) is 6.92 Å². The van der Waals surface area contributed by atoms with Gasteiger partial charge in [0, 0.05) is 12.6 Å². The van der Waals surface area contributed by atoms with Crippen LogP contribution in [-0.4, -0.2) is 49.1 Å². The molecule has 1 aliphatic rings. The minimum Gasteiger partial charge on any atom is -0.481 e. The minimum atomic E-state index is -0.140. The molecular weight excluding hydrogens is 220 g/mol. The van der Waals surface area contributed by atoms with Crippen molar-refractivity contribution < 1.29 is 14.6 Å². The maximum atomic E-state index is 9.15. The molecule has 0 spiro atoms. The summed E-state index contributed by atoms with van der Waals surface area (Å²) in [5, 5.41) is 9.15. The predicted molar refractivity (Wildman–Crippen MR) is 64.4 cm³/mol. The molecule has 1 saturated heterocycles. The largest absolute Gasteiger partial charge is 0.481 e. The lowest BCUT2D eigenvalue weighted by Crippen LogP contribution is -2.49. The second-order valence-electron chi connectivity index (χ2n) is 4.18. The van der Waals surface area contributed by atoms with E-state index in [-0.39, 0.29) is 18.8 Å². The van der Waals surface area contributed by atoms with Crippen molar-refractivity contribution in [2.75, 3.05) is 31.8 Å². The van der Waals surface area contributed by atoms with E-state index in [1.807, 2.05) is 18.2 Å². The Morgan fingerprint density at radius 3 is 3.12 bits per heavy atom. The number of aromatic nitrogens is 1. The number of aliphatic hydroxyl groups is 1. The Morgan fingerprint density at radius 2 is 2.41 bits per heavy atom. The summed E-state index contributed by atoms with van der Waals surface area (Å²) in [6, 6.07) is 5.92. The molecule has 1 N–H and O–H groups in total.